The predicted octanol–water partition coefficient (Wildman–Crippen LogP) is 1.36. The van der Waals surface area contributed by atoms with Gasteiger partial charge in [0.2, 0.25) is 0 Å². The van der Waals surface area contributed by atoms with E-state index in [0.717, 1.165) is 0 Å². The summed E-state index contributed by atoms with van der Waals surface area (Å²) < 4.78 is 0. The van der Waals surface area contributed by atoms with Gasteiger partial charge in [0, 0.05) is 5.56 Å². The van der Waals surface area contributed by atoms with Crippen LogP contribution in [0.3, 0.4) is 0 Å². The minimum Gasteiger partial charge on any atom is -0.508 e. The van der Waals surface area contributed by atoms with Gasteiger partial charge in [0.25, 0.3) is 0 Å². The quantitative estimate of drug-likeness (QED) is 0.594. The Morgan fingerprint density at radius 2 is 2.25 bits per heavy atom. The molecule has 1 rings (SSSR count). The Balaban J connectivity index is 3.01. The minimum atomic E-state index is 0.137. The van der Waals surface area contributed by atoms with E-state index in [1.165, 1.54) is 12.1 Å². The molecule has 12 heavy (non-hydrogen) atoms. The molecule has 62 valence electrons. The van der Waals surface area contributed by atoms with Crippen molar-refractivity contribution in [3.63, 3.8) is 0 Å². The highest BCUT2D eigenvalue weighted by Crippen LogP contribution is 2.20. The Kier molecular flexibility index (Phi) is 2.98. The summed E-state index contributed by atoms with van der Waals surface area (Å²) in [6.45, 7) is 0.303. The summed E-state index contributed by atoms with van der Waals surface area (Å²) in [5, 5.41) is 9.45. The number of nitrogens with two attached hydrogens (primary N) is 1. The second-order valence-corrected chi connectivity index (χ2v) is 2.58. The first-order valence-electron chi connectivity index (χ1n) is 3.41. The summed E-state index contributed by atoms with van der Waals surface area (Å²) in [5.74, 6) is 5.60. The van der Waals surface area contributed by atoms with Gasteiger partial charge in [-0.3, -0.25) is 0 Å². The second-order valence-electron chi connectivity index (χ2n) is 2.17. The summed E-state index contributed by atoms with van der Waals surface area (Å²) in [4.78, 5) is 0. The van der Waals surface area contributed by atoms with Crippen LogP contribution < -0.4 is 5.73 Å². The van der Waals surface area contributed by atoms with Crippen LogP contribution in [0.5, 0.6) is 5.75 Å². The van der Waals surface area contributed by atoms with Crippen LogP contribution in [0.2, 0.25) is 5.02 Å². The zero-order valence-electron chi connectivity index (χ0n) is 6.34. The maximum absolute atomic E-state index is 9.01. The van der Waals surface area contributed by atoms with Gasteiger partial charge < -0.3 is 10.8 Å². The first-order chi connectivity index (χ1) is 5.74. The summed E-state index contributed by atoms with van der Waals surface area (Å²) >= 11 is 5.76. The smallest absolute Gasteiger partial charge is 0.117 e. The topological polar surface area (TPSA) is 46.2 Å². The Morgan fingerprint density at radius 1 is 1.50 bits per heavy atom. The number of aromatic hydroxyl groups is 1. The summed E-state index contributed by atoms with van der Waals surface area (Å²) in [6, 6.07) is 4.63. The third kappa shape index (κ3) is 2.16. The molecular weight excluding hydrogens is 174 g/mol. The Hall–Kier alpha value is -1.17. The standard InChI is InChI=1S/C9H8ClNO/c10-9-6-8(12)4-3-7(9)2-1-5-11/h3-4,6,12H,5,11H2. The van der Waals surface area contributed by atoms with Crippen molar-refractivity contribution in [1.29, 1.82) is 0 Å². The fraction of sp³-hybridized carbons (Fsp3) is 0.111. The van der Waals surface area contributed by atoms with Crippen LogP contribution in [-0.4, -0.2) is 11.7 Å². The molecule has 0 atom stereocenters. The van der Waals surface area contributed by atoms with Crippen LogP contribution in [0.25, 0.3) is 0 Å². The van der Waals surface area contributed by atoms with Crippen molar-refractivity contribution in [3.8, 4) is 17.6 Å². The van der Waals surface area contributed by atoms with Crippen LogP contribution in [0.4, 0.5) is 0 Å². The molecule has 0 aromatic heterocycles. The van der Waals surface area contributed by atoms with Gasteiger partial charge >= 0.3 is 0 Å². The van der Waals surface area contributed by atoms with Gasteiger partial charge in [-0.2, -0.15) is 0 Å². The SMILES string of the molecule is NCC#Cc1ccc(O)cc1Cl. The van der Waals surface area contributed by atoms with E-state index < -0.39 is 0 Å². The molecule has 0 saturated carbocycles. The lowest BCUT2D eigenvalue weighted by Crippen LogP contribution is -1.93. The van der Waals surface area contributed by atoms with E-state index in [-0.39, 0.29) is 5.75 Å². The fourth-order valence-electron chi connectivity index (χ4n) is 0.752. The van der Waals surface area contributed by atoms with Crippen molar-refractivity contribution in [1.82, 2.24) is 0 Å². The van der Waals surface area contributed by atoms with Gasteiger partial charge in [-0.15, -0.1) is 0 Å². The monoisotopic (exact) mass is 181 g/mol. The summed E-state index contributed by atoms with van der Waals surface area (Å²) in [6.07, 6.45) is 0. The molecule has 1 aromatic carbocycles. The second kappa shape index (κ2) is 4.01. The molecule has 0 spiro atoms. The van der Waals surface area contributed by atoms with E-state index in [1.807, 2.05) is 0 Å². The molecule has 2 nitrogen and oxygen atoms in total. The van der Waals surface area contributed by atoms with Gasteiger partial charge in [0.1, 0.15) is 5.75 Å². The number of phenolic OH excluding ortho intramolecular Hbond substituents is 1. The lowest BCUT2D eigenvalue weighted by molar-refractivity contribution is 0.475. The number of hydrogen-bond acceptors (Lipinski definition) is 2. The first kappa shape index (κ1) is 8.92. The third-order valence-corrected chi connectivity index (χ3v) is 1.59. The zero-order chi connectivity index (χ0) is 8.97. The molecule has 0 aliphatic heterocycles. The molecule has 0 saturated heterocycles. The molecule has 0 radical (unpaired) electrons. The Labute approximate surface area is 76.0 Å². The highest BCUT2D eigenvalue weighted by molar-refractivity contribution is 6.31. The van der Waals surface area contributed by atoms with E-state index in [1.54, 1.807) is 6.07 Å². The van der Waals surface area contributed by atoms with E-state index in [0.29, 0.717) is 17.1 Å². The molecule has 0 aliphatic carbocycles. The molecule has 3 heteroatoms. The fourth-order valence-corrected chi connectivity index (χ4v) is 0.974. The minimum absolute atomic E-state index is 0.137. The van der Waals surface area contributed by atoms with Crippen molar-refractivity contribution < 1.29 is 5.11 Å². The molecular formula is C9H8ClNO. The van der Waals surface area contributed by atoms with E-state index in [4.69, 9.17) is 22.4 Å². The number of phenols is 1. The van der Waals surface area contributed by atoms with Crippen molar-refractivity contribution in [3.05, 3.63) is 28.8 Å². The molecule has 0 amide bonds. The molecule has 1 aromatic rings. The molecule has 0 fully saturated rings. The number of halogens is 1. The van der Waals surface area contributed by atoms with E-state index in [9.17, 15) is 0 Å². The molecule has 0 aliphatic rings. The van der Waals surface area contributed by atoms with Crippen molar-refractivity contribution >= 4 is 11.6 Å². The van der Waals surface area contributed by atoms with Crippen LogP contribution in [0.1, 0.15) is 5.56 Å². The van der Waals surface area contributed by atoms with Gasteiger partial charge in [-0.25, -0.2) is 0 Å². The number of rotatable bonds is 0. The molecule has 3 N–H and O–H groups in total. The van der Waals surface area contributed by atoms with Crippen molar-refractivity contribution in [2.45, 2.75) is 0 Å². The third-order valence-electron chi connectivity index (χ3n) is 1.28. The average Bonchev–Trinajstić information content (AvgIpc) is 2.03. The van der Waals surface area contributed by atoms with E-state index >= 15 is 0 Å². The van der Waals surface area contributed by atoms with Crippen LogP contribution in [0.15, 0.2) is 18.2 Å². The highest BCUT2D eigenvalue weighted by Gasteiger charge is 1.96. The lowest BCUT2D eigenvalue weighted by Gasteiger charge is -1.95. The Morgan fingerprint density at radius 3 is 2.83 bits per heavy atom. The van der Waals surface area contributed by atoms with E-state index in [2.05, 4.69) is 11.8 Å². The highest BCUT2D eigenvalue weighted by atomic mass is 35.5. The van der Waals surface area contributed by atoms with Gasteiger partial charge in [-0.1, -0.05) is 23.4 Å². The largest absolute Gasteiger partial charge is 0.508 e. The van der Waals surface area contributed by atoms with Gasteiger partial charge in [0.05, 0.1) is 11.6 Å². The summed E-state index contributed by atoms with van der Waals surface area (Å²) in [7, 11) is 0. The predicted molar refractivity (Wildman–Crippen MR) is 49.0 cm³/mol. The van der Waals surface area contributed by atoms with Crippen molar-refractivity contribution in [2.24, 2.45) is 5.73 Å². The van der Waals surface area contributed by atoms with Crippen LogP contribution in [-0.2, 0) is 0 Å². The molecule has 0 heterocycles. The average molecular weight is 182 g/mol. The Bertz CT molecular complexity index is 338. The number of benzene rings is 1. The van der Waals surface area contributed by atoms with Gasteiger partial charge in [0.15, 0.2) is 0 Å². The maximum atomic E-state index is 9.01. The zero-order valence-corrected chi connectivity index (χ0v) is 7.10. The summed E-state index contributed by atoms with van der Waals surface area (Å²) in [5.41, 5.74) is 5.87. The number of hydrogen-bond donors (Lipinski definition) is 2. The maximum Gasteiger partial charge on any atom is 0.117 e. The van der Waals surface area contributed by atoms with Crippen molar-refractivity contribution in [2.75, 3.05) is 6.54 Å². The first-order valence-corrected chi connectivity index (χ1v) is 3.79. The molecule has 0 unspecified atom stereocenters. The normalized spacial score (nSPS) is 8.83. The van der Waals surface area contributed by atoms with Gasteiger partial charge in [-0.05, 0) is 18.2 Å². The van der Waals surface area contributed by atoms with Crippen LogP contribution in [0, 0.1) is 11.8 Å². The van der Waals surface area contributed by atoms with Crippen LogP contribution >= 0.6 is 11.6 Å². The lowest BCUT2D eigenvalue weighted by atomic mass is 10.2. The molecule has 0 bridgehead atoms.